The first kappa shape index (κ1) is 31.1. The molecule has 5 aliphatic rings. The van der Waals surface area contributed by atoms with Crippen LogP contribution in [0.25, 0.3) is 32.1 Å². The summed E-state index contributed by atoms with van der Waals surface area (Å²) in [5.74, 6) is -5.80. The van der Waals surface area contributed by atoms with Crippen LogP contribution in [0.1, 0.15) is 44.1 Å². The molecule has 1 atom stereocenters. The first-order chi connectivity index (χ1) is 23.4. The van der Waals surface area contributed by atoms with Crippen molar-refractivity contribution in [1.82, 2.24) is 19.8 Å². The molecule has 0 radical (unpaired) electrons. The van der Waals surface area contributed by atoms with E-state index in [4.69, 9.17) is 27.1 Å². The van der Waals surface area contributed by atoms with Crippen LogP contribution in [0.4, 0.5) is 28.4 Å². The summed E-state index contributed by atoms with van der Waals surface area (Å²) in [6.07, 6.45) is 4.31. The number of halogens is 5. The largest absolute Gasteiger partial charge is 0.461 e. The van der Waals surface area contributed by atoms with E-state index < -0.39 is 41.3 Å². The van der Waals surface area contributed by atoms with Gasteiger partial charge in [0.25, 0.3) is 5.92 Å². The number of carbonyl (C=O) groups excluding carboxylic acids is 1. The summed E-state index contributed by atoms with van der Waals surface area (Å²) in [6.45, 7) is 3.36. The Morgan fingerprint density at radius 1 is 1.14 bits per heavy atom. The van der Waals surface area contributed by atoms with Gasteiger partial charge in [0.15, 0.2) is 5.82 Å². The third-order valence-electron chi connectivity index (χ3n) is 11.4. The maximum absolute atomic E-state index is 17.0. The van der Waals surface area contributed by atoms with E-state index in [1.807, 2.05) is 11.0 Å². The number of hydrogen-bond acceptors (Lipinski definition) is 9. The minimum atomic E-state index is -2.95. The predicted octanol–water partition coefficient (Wildman–Crippen LogP) is 6.35. The summed E-state index contributed by atoms with van der Waals surface area (Å²) in [4.78, 5) is 28.1. The van der Waals surface area contributed by atoms with Gasteiger partial charge in [0.05, 0.1) is 26.4 Å². The highest BCUT2D eigenvalue weighted by Gasteiger charge is 2.66. The van der Waals surface area contributed by atoms with Crippen LogP contribution in [0.5, 0.6) is 6.01 Å². The van der Waals surface area contributed by atoms with E-state index in [2.05, 4.69) is 9.88 Å². The molecular formula is C34H30ClF4N7O2S. The molecule has 15 heteroatoms. The second kappa shape index (κ2) is 10.5. The molecule has 1 unspecified atom stereocenters. The number of aromatic nitrogens is 2. The van der Waals surface area contributed by atoms with Crippen LogP contribution < -0.4 is 15.4 Å². The second-order valence-corrected chi connectivity index (χ2v) is 15.5. The van der Waals surface area contributed by atoms with Crippen molar-refractivity contribution in [1.29, 1.82) is 5.26 Å². The fourth-order valence-electron chi connectivity index (χ4n) is 8.58. The molecule has 2 aromatic carbocycles. The monoisotopic (exact) mass is 711 g/mol. The number of thiophene rings is 1. The van der Waals surface area contributed by atoms with Crippen LogP contribution in [-0.4, -0.2) is 82.0 Å². The molecule has 5 fully saturated rings. The Kier molecular flexibility index (Phi) is 6.69. The van der Waals surface area contributed by atoms with Crippen molar-refractivity contribution < 1.29 is 27.1 Å². The quantitative estimate of drug-likeness (QED) is 0.231. The average Bonchev–Trinajstić information content (AvgIpc) is 3.34. The molecular weight excluding hydrogens is 682 g/mol. The lowest BCUT2D eigenvalue weighted by Crippen LogP contribution is -2.78. The normalized spacial score (nSPS) is 23.1. The third-order valence-corrected chi connectivity index (χ3v) is 12.7. The highest BCUT2D eigenvalue weighted by atomic mass is 35.5. The molecule has 1 aliphatic carbocycles. The zero-order valence-electron chi connectivity index (χ0n) is 26.2. The topological polar surface area (TPSA) is 112 Å². The minimum absolute atomic E-state index is 0.0109. The standard InChI is InChI=1S/C34H30ClF4N7O2S/c35-21-11-18-26(25(37)24(21)17-3-4-22(36)27-23(17)19(13-40)28(41)49-27)42-31(48-16-32-5-1-8-45(32)9-2-6-32)43-29(18)44-14-33(15-44)7-10-46(33)30(47)20-12-34(20,38)39/h3-4,11,20H,1-2,5-10,12,14-16,41H2. The molecule has 4 saturated heterocycles. The number of carbonyl (C=O) groups is 1. The molecule has 2 N–H and O–H groups in total. The van der Waals surface area contributed by atoms with E-state index in [-0.39, 0.29) is 53.9 Å². The number of hydrogen-bond donors (Lipinski definition) is 1. The second-order valence-electron chi connectivity index (χ2n) is 14.1. The number of nitrogen functional groups attached to an aromatic ring is 1. The van der Waals surface area contributed by atoms with Crippen molar-refractivity contribution in [3.63, 3.8) is 0 Å². The van der Waals surface area contributed by atoms with Gasteiger partial charge in [-0.15, -0.1) is 11.3 Å². The Hall–Kier alpha value is -3.93. The van der Waals surface area contributed by atoms with E-state index in [1.165, 1.54) is 12.1 Å². The molecule has 2 aromatic heterocycles. The zero-order chi connectivity index (χ0) is 34.0. The van der Waals surface area contributed by atoms with Crippen molar-refractivity contribution >= 4 is 60.7 Å². The molecule has 1 saturated carbocycles. The Bertz CT molecular complexity index is 2140. The molecule has 254 valence electrons. The van der Waals surface area contributed by atoms with Crippen molar-refractivity contribution in [2.24, 2.45) is 5.92 Å². The maximum Gasteiger partial charge on any atom is 0.319 e. The number of nitriles is 1. The SMILES string of the molecule is N#Cc1c(N)sc2c(F)ccc(-c3c(Cl)cc4c(N5CC6(CCN6C(=O)C6CC6(F)F)C5)nc(OCC56CCCN5CCC6)nc4c3F)c12. The van der Waals surface area contributed by atoms with Crippen LogP contribution in [-0.2, 0) is 4.79 Å². The van der Waals surface area contributed by atoms with Crippen LogP contribution in [0.2, 0.25) is 5.02 Å². The number of fused-ring (bicyclic) bond motifs is 3. The number of amides is 1. The van der Waals surface area contributed by atoms with Gasteiger partial charge in [-0.3, -0.25) is 9.69 Å². The number of nitrogens with zero attached hydrogens (tertiary/aromatic N) is 6. The Labute approximate surface area is 287 Å². The lowest BCUT2D eigenvalue weighted by atomic mass is 9.77. The molecule has 0 bridgehead atoms. The van der Waals surface area contributed by atoms with Crippen LogP contribution in [0.15, 0.2) is 18.2 Å². The predicted molar refractivity (Wildman–Crippen MR) is 177 cm³/mol. The molecule has 4 aromatic rings. The Balaban J connectivity index is 1.13. The summed E-state index contributed by atoms with van der Waals surface area (Å²) >= 11 is 7.72. The number of likely N-dealkylation sites (tertiary alicyclic amines) is 1. The lowest BCUT2D eigenvalue weighted by molar-refractivity contribution is -0.153. The molecule has 9 rings (SSSR count). The smallest absolute Gasteiger partial charge is 0.319 e. The summed E-state index contributed by atoms with van der Waals surface area (Å²) in [6, 6.07) is 6.09. The van der Waals surface area contributed by atoms with Crippen LogP contribution in [0.3, 0.4) is 0 Å². The van der Waals surface area contributed by atoms with Gasteiger partial charge in [0, 0.05) is 42.4 Å². The van der Waals surface area contributed by atoms with Crippen LogP contribution in [0, 0.1) is 28.9 Å². The highest BCUT2D eigenvalue weighted by molar-refractivity contribution is 7.23. The summed E-state index contributed by atoms with van der Waals surface area (Å²) in [5.41, 5.74) is 5.41. The van der Waals surface area contributed by atoms with Gasteiger partial charge in [-0.1, -0.05) is 17.7 Å². The first-order valence-corrected chi connectivity index (χ1v) is 17.6. The lowest BCUT2D eigenvalue weighted by Gasteiger charge is -2.63. The van der Waals surface area contributed by atoms with Crippen LogP contribution >= 0.6 is 22.9 Å². The summed E-state index contributed by atoms with van der Waals surface area (Å²) in [5, 5.41) is 10.4. The van der Waals surface area contributed by atoms with Crippen molar-refractivity contribution in [3.8, 4) is 23.2 Å². The molecule has 4 aliphatic heterocycles. The van der Waals surface area contributed by atoms with Crippen molar-refractivity contribution in [3.05, 3.63) is 40.4 Å². The van der Waals surface area contributed by atoms with Crippen molar-refractivity contribution in [2.45, 2.75) is 55.5 Å². The van der Waals surface area contributed by atoms with Gasteiger partial charge in [-0.25, -0.2) is 17.6 Å². The molecule has 1 amide bonds. The fraction of sp³-hybridized carbons (Fsp3) is 0.471. The minimum Gasteiger partial charge on any atom is -0.461 e. The first-order valence-electron chi connectivity index (χ1n) is 16.4. The molecule has 9 nitrogen and oxygen atoms in total. The highest BCUT2D eigenvalue weighted by Crippen LogP contribution is 2.53. The van der Waals surface area contributed by atoms with E-state index in [0.29, 0.717) is 43.9 Å². The van der Waals surface area contributed by atoms with Gasteiger partial charge >= 0.3 is 6.01 Å². The average molecular weight is 712 g/mol. The number of nitrogens with two attached hydrogens (primary N) is 1. The molecule has 1 spiro atoms. The van der Waals surface area contributed by atoms with E-state index in [0.717, 1.165) is 50.1 Å². The summed E-state index contributed by atoms with van der Waals surface area (Å²) in [7, 11) is 0. The number of benzene rings is 2. The fourth-order valence-corrected chi connectivity index (χ4v) is 9.82. The van der Waals surface area contributed by atoms with Gasteiger partial charge < -0.3 is 20.3 Å². The third kappa shape index (κ3) is 4.47. The van der Waals surface area contributed by atoms with Crippen molar-refractivity contribution in [2.75, 3.05) is 50.0 Å². The van der Waals surface area contributed by atoms with Gasteiger partial charge in [-0.2, -0.15) is 15.2 Å². The zero-order valence-corrected chi connectivity index (χ0v) is 27.7. The van der Waals surface area contributed by atoms with Gasteiger partial charge in [0.1, 0.15) is 40.7 Å². The number of rotatable bonds is 6. The van der Waals surface area contributed by atoms with E-state index >= 15 is 4.39 Å². The molecule has 6 heterocycles. The Morgan fingerprint density at radius 2 is 1.88 bits per heavy atom. The number of ether oxygens (including phenoxy) is 1. The van der Waals surface area contributed by atoms with Gasteiger partial charge in [-0.05, 0) is 62.9 Å². The maximum atomic E-state index is 17.0. The molecule has 49 heavy (non-hydrogen) atoms. The summed E-state index contributed by atoms with van der Waals surface area (Å²) < 4.78 is 65.8. The van der Waals surface area contributed by atoms with E-state index in [9.17, 15) is 23.2 Å². The van der Waals surface area contributed by atoms with Gasteiger partial charge in [0.2, 0.25) is 5.91 Å². The Morgan fingerprint density at radius 3 is 2.53 bits per heavy atom. The van der Waals surface area contributed by atoms with E-state index in [1.54, 1.807) is 11.0 Å². The number of anilines is 2. The number of alkyl halides is 2.